The molecule has 5 rings (SSSR count). The van der Waals surface area contributed by atoms with E-state index >= 15 is 0 Å². The summed E-state index contributed by atoms with van der Waals surface area (Å²) in [5.74, 6) is 0.835. The number of rotatable bonds is 4. The lowest BCUT2D eigenvalue weighted by Gasteiger charge is -2.21. The summed E-state index contributed by atoms with van der Waals surface area (Å²) in [4.78, 5) is 14.9. The van der Waals surface area contributed by atoms with E-state index in [1.54, 1.807) is 4.90 Å². The van der Waals surface area contributed by atoms with Crippen LogP contribution in [0.5, 0.6) is 11.5 Å². The lowest BCUT2D eigenvalue weighted by atomic mass is 9.97. The molecule has 3 aromatic rings. The summed E-state index contributed by atoms with van der Waals surface area (Å²) in [6.07, 6.45) is 0.809. The Labute approximate surface area is 192 Å². The van der Waals surface area contributed by atoms with Crippen LogP contribution in [0, 0.1) is 12.7 Å². The Bertz CT molecular complexity index is 1160. The van der Waals surface area contributed by atoms with Gasteiger partial charge in [-0.05, 0) is 60.0 Å². The number of fused-ring (bicyclic) bond motifs is 1. The average molecular weight is 448 g/mol. The molecule has 1 unspecified atom stereocenters. The summed E-state index contributed by atoms with van der Waals surface area (Å²) >= 11 is 0. The van der Waals surface area contributed by atoms with Gasteiger partial charge in [0.05, 0.1) is 19.8 Å². The number of hydrogen-bond donors (Lipinski definition) is 0. The average Bonchev–Trinajstić information content (AvgIpc) is 3.23. The summed E-state index contributed by atoms with van der Waals surface area (Å²) in [7, 11) is 0. The molecule has 2 aliphatic heterocycles. The van der Waals surface area contributed by atoms with Crippen LogP contribution in [0.2, 0.25) is 0 Å². The van der Waals surface area contributed by atoms with Crippen molar-refractivity contribution in [3.8, 4) is 22.6 Å². The van der Waals surface area contributed by atoms with Crippen LogP contribution in [0.1, 0.15) is 27.9 Å². The van der Waals surface area contributed by atoms with Gasteiger partial charge in [0.25, 0.3) is 5.91 Å². The van der Waals surface area contributed by atoms with Crippen LogP contribution < -0.4 is 9.47 Å². The van der Waals surface area contributed by atoms with Gasteiger partial charge in [-0.1, -0.05) is 24.3 Å². The number of benzene rings is 3. The zero-order valence-corrected chi connectivity index (χ0v) is 18.6. The second kappa shape index (κ2) is 9.24. The molecule has 1 amide bonds. The molecular formula is C27H26FNO4. The number of aryl methyl sites for hydroxylation is 1. The van der Waals surface area contributed by atoms with E-state index in [1.807, 2.05) is 18.2 Å². The Morgan fingerprint density at radius 1 is 1.09 bits per heavy atom. The Morgan fingerprint density at radius 3 is 2.67 bits per heavy atom. The molecule has 33 heavy (non-hydrogen) atoms. The number of amides is 1. The largest absolute Gasteiger partial charge is 0.487 e. The van der Waals surface area contributed by atoms with Gasteiger partial charge in [0.2, 0.25) is 0 Å². The normalized spacial score (nSPS) is 17.8. The highest BCUT2D eigenvalue weighted by molar-refractivity contribution is 5.94. The van der Waals surface area contributed by atoms with Gasteiger partial charge in [0.1, 0.15) is 18.5 Å². The van der Waals surface area contributed by atoms with Gasteiger partial charge in [0, 0.05) is 24.1 Å². The van der Waals surface area contributed by atoms with Crippen molar-refractivity contribution in [3.63, 3.8) is 0 Å². The minimum atomic E-state index is -0.364. The van der Waals surface area contributed by atoms with Gasteiger partial charge in [-0.3, -0.25) is 4.79 Å². The third-order valence-corrected chi connectivity index (χ3v) is 6.12. The predicted octanol–water partition coefficient (Wildman–Crippen LogP) is 5.00. The summed E-state index contributed by atoms with van der Waals surface area (Å²) in [5, 5.41) is 0. The van der Waals surface area contributed by atoms with Crippen LogP contribution in [0.3, 0.4) is 0 Å². The van der Waals surface area contributed by atoms with E-state index in [0.29, 0.717) is 50.0 Å². The Hall–Kier alpha value is -3.38. The standard InChI is InChI=1S/C27H26FNO4/c1-18-4-2-3-5-24(18)20-14-21-16-29(27(30)19-6-8-22(28)9-7-19)11-13-32-26(21)25(15-20)33-23-10-12-31-17-23/h2-9,14-15,23H,10-13,16-17H2,1H3. The van der Waals surface area contributed by atoms with E-state index in [2.05, 4.69) is 25.1 Å². The molecular weight excluding hydrogens is 421 g/mol. The van der Waals surface area contributed by atoms with Crippen molar-refractivity contribution in [2.45, 2.75) is 26.0 Å². The smallest absolute Gasteiger partial charge is 0.254 e. The molecule has 2 heterocycles. The molecule has 6 heteroatoms. The van der Waals surface area contributed by atoms with Crippen molar-refractivity contribution < 1.29 is 23.4 Å². The third-order valence-electron chi connectivity index (χ3n) is 6.12. The van der Waals surface area contributed by atoms with Crippen molar-refractivity contribution in [2.75, 3.05) is 26.4 Å². The topological polar surface area (TPSA) is 48.0 Å². The maximum absolute atomic E-state index is 13.3. The van der Waals surface area contributed by atoms with Crippen molar-refractivity contribution >= 4 is 5.91 Å². The fraction of sp³-hybridized carbons (Fsp3) is 0.296. The molecule has 1 fully saturated rings. The van der Waals surface area contributed by atoms with E-state index in [1.165, 1.54) is 24.3 Å². The second-order valence-electron chi connectivity index (χ2n) is 8.46. The summed E-state index contributed by atoms with van der Waals surface area (Å²) in [6, 6.07) is 17.9. The van der Waals surface area contributed by atoms with Gasteiger partial charge in [-0.2, -0.15) is 0 Å². The highest BCUT2D eigenvalue weighted by Crippen LogP contribution is 2.40. The maximum atomic E-state index is 13.3. The highest BCUT2D eigenvalue weighted by atomic mass is 19.1. The lowest BCUT2D eigenvalue weighted by Crippen LogP contribution is -2.32. The van der Waals surface area contributed by atoms with Gasteiger partial charge >= 0.3 is 0 Å². The monoisotopic (exact) mass is 447 g/mol. The van der Waals surface area contributed by atoms with E-state index in [-0.39, 0.29) is 17.8 Å². The Kier molecular flexibility index (Phi) is 6.01. The number of nitrogens with zero attached hydrogens (tertiary/aromatic N) is 1. The number of hydrogen-bond acceptors (Lipinski definition) is 4. The first-order chi connectivity index (χ1) is 16.1. The fourth-order valence-corrected chi connectivity index (χ4v) is 4.36. The van der Waals surface area contributed by atoms with Crippen molar-refractivity contribution in [2.24, 2.45) is 0 Å². The Morgan fingerprint density at radius 2 is 1.91 bits per heavy atom. The highest BCUT2D eigenvalue weighted by Gasteiger charge is 2.27. The first kappa shape index (κ1) is 21.5. The van der Waals surface area contributed by atoms with Crippen LogP contribution in [-0.2, 0) is 11.3 Å². The third kappa shape index (κ3) is 4.57. The van der Waals surface area contributed by atoms with E-state index < -0.39 is 0 Å². The van der Waals surface area contributed by atoms with Gasteiger partial charge < -0.3 is 19.1 Å². The molecule has 0 N–H and O–H groups in total. The molecule has 0 radical (unpaired) electrons. The molecule has 170 valence electrons. The van der Waals surface area contributed by atoms with Crippen LogP contribution >= 0.6 is 0 Å². The molecule has 0 aliphatic carbocycles. The molecule has 0 spiro atoms. The molecule has 0 bridgehead atoms. The SMILES string of the molecule is Cc1ccccc1-c1cc2c(c(OC3CCOC3)c1)OCCN(C(=O)c1ccc(F)cc1)C2. The summed E-state index contributed by atoms with van der Waals surface area (Å²) in [6.45, 7) is 4.47. The van der Waals surface area contributed by atoms with Crippen molar-refractivity contribution in [1.82, 2.24) is 4.90 Å². The Balaban J connectivity index is 1.53. The number of carbonyl (C=O) groups excluding carboxylic acids is 1. The quantitative estimate of drug-likeness (QED) is 0.565. The molecule has 1 saturated heterocycles. The van der Waals surface area contributed by atoms with Crippen LogP contribution in [-0.4, -0.2) is 43.3 Å². The first-order valence-corrected chi connectivity index (χ1v) is 11.2. The summed E-state index contributed by atoms with van der Waals surface area (Å²) < 4.78 is 31.3. The number of ether oxygens (including phenoxy) is 3. The molecule has 3 aromatic carbocycles. The van der Waals surface area contributed by atoms with E-state index in [0.717, 1.165) is 28.7 Å². The minimum Gasteiger partial charge on any atom is -0.487 e. The molecule has 0 saturated carbocycles. The maximum Gasteiger partial charge on any atom is 0.254 e. The zero-order chi connectivity index (χ0) is 22.8. The lowest BCUT2D eigenvalue weighted by molar-refractivity contribution is 0.0732. The van der Waals surface area contributed by atoms with Gasteiger partial charge in [0.15, 0.2) is 11.5 Å². The fourth-order valence-electron chi connectivity index (χ4n) is 4.36. The molecule has 1 atom stereocenters. The first-order valence-electron chi connectivity index (χ1n) is 11.2. The summed E-state index contributed by atoms with van der Waals surface area (Å²) in [5.41, 5.74) is 4.61. The second-order valence-corrected chi connectivity index (χ2v) is 8.46. The predicted molar refractivity (Wildman–Crippen MR) is 123 cm³/mol. The molecule has 0 aromatic heterocycles. The van der Waals surface area contributed by atoms with E-state index in [4.69, 9.17) is 14.2 Å². The van der Waals surface area contributed by atoms with Crippen molar-refractivity contribution in [1.29, 1.82) is 0 Å². The minimum absolute atomic E-state index is 0.0231. The van der Waals surface area contributed by atoms with Crippen LogP contribution in [0.15, 0.2) is 60.7 Å². The van der Waals surface area contributed by atoms with Crippen molar-refractivity contribution in [3.05, 3.63) is 83.2 Å². The zero-order valence-electron chi connectivity index (χ0n) is 18.6. The number of carbonyl (C=O) groups is 1. The van der Waals surface area contributed by atoms with Gasteiger partial charge in [-0.25, -0.2) is 4.39 Å². The molecule has 5 nitrogen and oxygen atoms in total. The van der Waals surface area contributed by atoms with E-state index in [9.17, 15) is 9.18 Å². The number of halogens is 1. The molecule has 2 aliphatic rings. The van der Waals surface area contributed by atoms with Crippen LogP contribution in [0.4, 0.5) is 4.39 Å². The van der Waals surface area contributed by atoms with Gasteiger partial charge in [-0.15, -0.1) is 0 Å². The van der Waals surface area contributed by atoms with Crippen LogP contribution in [0.25, 0.3) is 11.1 Å².